The molecule has 0 spiro atoms. The van der Waals surface area contributed by atoms with Crippen molar-refractivity contribution >= 4 is 5.78 Å². The van der Waals surface area contributed by atoms with Crippen molar-refractivity contribution < 1.29 is 4.79 Å². The van der Waals surface area contributed by atoms with E-state index < -0.39 is 0 Å². The molecule has 2 rings (SSSR count). The van der Waals surface area contributed by atoms with Gasteiger partial charge in [0.1, 0.15) is 6.33 Å². The van der Waals surface area contributed by atoms with Crippen LogP contribution in [0, 0.1) is 0 Å². The second-order valence-corrected chi connectivity index (χ2v) is 2.49. The standard InChI is InChI=1S/C8H8O.CH2N4/c1-7(9)8-5-3-2-4-6-8;1-2-4-5-3-1/h2-6H,1H3;1H,(H,2,3,4,5). The van der Waals surface area contributed by atoms with Gasteiger partial charge in [-0.3, -0.25) is 4.79 Å². The van der Waals surface area contributed by atoms with Crippen LogP contribution in [-0.4, -0.2) is 26.4 Å². The summed E-state index contributed by atoms with van der Waals surface area (Å²) in [7, 11) is 0. The summed E-state index contributed by atoms with van der Waals surface area (Å²) < 4.78 is 0. The van der Waals surface area contributed by atoms with E-state index in [2.05, 4.69) is 20.6 Å². The number of aromatic amines is 1. The van der Waals surface area contributed by atoms with E-state index in [9.17, 15) is 4.79 Å². The molecule has 1 heterocycles. The summed E-state index contributed by atoms with van der Waals surface area (Å²) in [5.41, 5.74) is 0.775. The highest BCUT2D eigenvalue weighted by Crippen LogP contribution is 1.97. The van der Waals surface area contributed by atoms with E-state index >= 15 is 0 Å². The van der Waals surface area contributed by atoms with Crippen molar-refractivity contribution in [1.29, 1.82) is 0 Å². The maximum Gasteiger partial charge on any atom is 0.159 e. The van der Waals surface area contributed by atoms with Gasteiger partial charge in [0.15, 0.2) is 5.78 Å². The number of hydrogen-bond donors (Lipinski definition) is 1. The predicted octanol–water partition coefficient (Wildman–Crippen LogP) is 1.09. The Kier molecular flexibility index (Phi) is 4.00. The average molecular weight is 190 g/mol. The van der Waals surface area contributed by atoms with Gasteiger partial charge < -0.3 is 0 Å². The Morgan fingerprint density at radius 2 is 2.00 bits per heavy atom. The van der Waals surface area contributed by atoms with E-state index in [1.165, 1.54) is 6.33 Å². The number of benzene rings is 1. The Morgan fingerprint density at radius 1 is 1.29 bits per heavy atom. The number of ketones is 1. The largest absolute Gasteiger partial charge is 0.295 e. The van der Waals surface area contributed by atoms with Crippen LogP contribution in [0.4, 0.5) is 0 Å². The molecule has 0 saturated heterocycles. The number of hydrogen-bond acceptors (Lipinski definition) is 4. The number of rotatable bonds is 1. The third-order valence-corrected chi connectivity index (χ3v) is 1.45. The first-order chi connectivity index (χ1) is 6.80. The Hall–Kier alpha value is -2.04. The van der Waals surface area contributed by atoms with Crippen LogP contribution in [0.2, 0.25) is 0 Å². The molecule has 5 nitrogen and oxygen atoms in total. The van der Waals surface area contributed by atoms with E-state index in [-0.39, 0.29) is 5.78 Å². The lowest BCUT2D eigenvalue weighted by Crippen LogP contribution is -1.88. The summed E-state index contributed by atoms with van der Waals surface area (Å²) in [6.45, 7) is 1.56. The summed E-state index contributed by atoms with van der Waals surface area (Å²) in [6, 6.07) is 9.23. The second kappa shape index (κ2) is 5.58. The first-order valence-corrected chi connectivity index (χ1v) is 4.04. The molecule has 0 radical (unpaired) electrons. The van der Waals surface area contributed by atoms with Crippen LogP contribution >= 0.6 is 0 Å². The molecule has 0 aliphatic rings. The van der Waals surface area contributed by atoms with Crippen molar-refractivity contribution in [3.05, 3.63) is 42.2 Å². The fourth-order valence-electron chi connectivity index (χ4n) is 0.802. The fraction of sp³-hybridized carbons (Fsp3) is 0.111. The molecule has 2 aromatic rings. The Morgan fingerprint density at radius 3 is 2.29 bits per heavy atom. The summed E-state index contributed by atoms with van der Waals surface area (Å²) in [5, 5.41) is 12.1. The van der Waals surface area contributed by atoms with Gasteiger partial charge >= 0.3 is 0 Å². The van der Waals surface area contributed by atoms with Crippen molar-refractivity contribution in [3.8, 4) is 0 Å². The summed E-state index contributed by atoms with van der Waals surface area (Å²) in [6.07, 6.45) is 1.40. The molecule has 0 atom stereocenters. The van der Waals surface area contributed by atoms with Gasteiger partial charge in [0.2, 0.25) is 0 Å². The highest BCUT2D eigenvalue weighted by Gasteiger charge is 1.92. The number of carbonyl (C=O) groups is 1. The van der Waals surface area contributed by atoms with Crippen LogP contribution in [0.1, 0.15) is 17.3 Å². The van der Waals surface area contributed by atoms with Crippen LogP contribution < -0.4 is 0 Å². The second-order valence-electron chi connectivity index (χ2n) is 2.49. The lowest BCUT2D eigenvalue weighted by molar-refractivity contribution is 0.101. The van der Waals surface area contributed by atoms with Crippen LogP contribution in [0.3, 0.4) is 0 Å². The average Bonchev–Trinajstić information content (AvgIpc) is 2.77. The van der Waals surface area contributed by atoms with Gasteiger partial charge in [0.25, 0.3) is 0 Å². The molecule has 0 amide bonds. The van der Waals surface area contributed by atoms with E-state index in [0.717, 1.165) is 5.56 Å². The van der Waals surface area contributed by atoms with Gasteiger partial charge in [0, 0.05) is 5.56 Å². The Balaban J connectivity index is 0.000000165. The van der Waals surface area contributed by atoms with E-state index in [0.29, 0.717) is 0 Å². The third kappa shape index (κ3) is 3.57. The topological polar surface area (TPSA) is 71.5 Å². The van der Waals surface area contributed by atoms with Crippen molar-refractivity contribution in [2.75, 3.05) is 0 Å². The molecule has 1 aromatic carbocycles. The minimum Gasteiger partial charge on any atom is -0.295 e. The van der Waals surface area contributed by atoms with Gasteiger partial charge in [-0.1, -0.05) is 30.3 Å². The summed E-state index contributed by atoms with van der Waals surface area (Å²) in [5.74, 6) is 0.121. The molecule has 5 heteroatoms. The van der Waals surface area contributed by atoms with E-state index in [4.69, 9.17) is 0 Å². The molecule has 1 N–H and O–H groups in total. The fourth-order valence-corrected chi connectivity index (χ4v) is 0.802. The Bertz CT molecular complexity index is 340. The highest BCUT2D eigenvalue weighted by molar-refractivity contribution is 5.93. The molecule has 0 fully saturated rings. The Labute approximate surface area is 81.2 Å². The van der Waals surface area contributed by atoms with Gasteiger partial charge in [-0.25, -0.2) is 5.10 Å². The first-order valence-electron chi connectivity index (χ1n) is 4.04. The lowest BCUT2D eigenvalue weighted by Gasteiger charge is -1.89. The van der Waals surface area contributed by atoms with Crippen molar-refractivity contribution in [3.63, 3.8) is 0 Å². The van der Waals surface area contributed by atoms with E-state index in [1.807, 2.05) is 30.3 Å². The van der Waals surface area contributed by atoms with Gasteiger partial charge in [-0.05, 0) is 17.4 Å². The number of nitrogens with one attached hydrogen (secondary N) is 1. The van der Waals surface area contributed by atoms with Gasteiger partial charge in [-0.2, -0.15) is 0 Å². The smallest absolute Gasteiger partial charge is 0.159 e. The molecule has 0 aliphatic carbocycles. The number of H-pyrrole nitrogens is 1. The minimum atomic E-state index is 0.121. The zero-order valence-electron chi connectivity index (χ0n) is 7.71. The third-order valence-electron chi connectivity index (χ3n) is 1.45. The zero-order valence-corrected chi connectivity index (χ0v) is 7.71. The molecule has 1 aromatic heterocycles. The SMILES string of the molecule is CC(=O)c1ccccc1.c1nnn[nH]1. The van der Waals surface area contributed by atoms with Crippen LogP contribution in [0.25, 0.3) is 0 Å². The van der Waals surface area contributed by atoms with E-state index in [1.54, 1.807) is 6.92 Å². The van der Waals surface area contributed by atoms with Crippen LogP contribution in [0.5, 0.6) is 0 Å². The number of nitrogens with zero attached hydrogens (tertiary/aromatic N) is 3. The summed E-state index contributed by atoms with van der Waals surface area (Å²) in [4.78, 5) is 10.6. The predicted molar refractivity (Wildman–Crippen MR) is 50.6 cm³/mol. The lowest BCUT2D eigenvalue weighted by atomic mass is 10.2. The maximum absolute atomic E-state index is 10.6. The van der Waals surface area contributed by atoms with Crippen LogP contribution in [-0.2, 0) is 0 Å². The molecule has 72 valence electrons. The van der Waals surface area contributed by atoms with Crippen LogP contribution in [0.15, 0.2) is 36.7 Å². The van der Waals surface area contributed by atoms with Crippen molar-refractivity contribution in [1.82, 2.24) is 20.6 Å². The molecule has 14 heavy (non-hydrogen) atoms. The van der Waals surface area contributed by atoms with Crippen molar-refractivity contribution in [2.45, 2.75) is 6.92 Å². The molecule has 0 bridgehead atoms. The number of carbonyl (C=O) groups excluding carboxylic acids is 1. The molecular formula is C9H10N4O. The zero-order chi connectivity index (χ0) is 10.2. The quantitative estimate of drug-likeness (QED) is 0.683. The van der Waals surface area contributed by atoms with Gasteiger partial charge in [0.05, 0.1) is 0 Å². The molecule has 0 aliphatic heterocycles. The number of aromatic nitrogens is 4. The minimum absolute atomic E-state index is 0.121. The monoisotopic (exact) mass is 190 g/mol. The molecule has 0 unspecified atom stereocenters. The molecule has 0 saturated carbocycles. The molecular weight excluding hydrogens is 180 g/mol. The highest BCUT2D eigenvalue weighted by atomic mass is 16.1. The normalized spacial score (nSPS) is 8.64. The maximum atomic E-state index is 10.6. The number of tetrazole rings is 1. The number of Topliss-reactive ketones (excluding diaryl/α,β-unsaturated/α-hetero) is 1. The summed E-state index contributed by atoms with van der Waals surface area (Å²) >= 11 is 0. The first kappa shape index (κ1) is 10.0. The van der Waals surface area contributed by atoms with Gasteiger partial charge in [-0.15, -0.1) is 5.10 Å². The van der Waals surface area contributed by atoms with Crippen molar-refractivity contribution in [2.24, 2.45) is 0 Å².